The molecule has 0 saturated heterocycles. The van der Waals surface area contributed by atoms with Crippen LogP contribution in [-0.4, -0.2) is 24.2 Å². The number of anilines is 1. The fourth-order valence-corrected chi connectivity index (χ4v) is 2.90. The van der Waals surface area contributed by atoms with Gasteiger partial charge in [0.2, 0.25) is 5.91 Å². The summed E-state index contributed by atoms with van der Waals surface area (Å²) in [6, 6.07) is 6.69. The maximum Gasteiger partial charge on any atom is 0.230 e. The third-order valence-corrected chi connectivity index (χ3v) is 4.08. The SMILES string of the molecule is CCOCCC1(C(=O)Nc2cccc(O)c2)CCCC1. The van der Waals surface area contributed by atoms with E-state index in [9.17, 15) is 9.90 Å². The first-order valence-corrected chi connectivity index (χ1v) is 7.34. The van der Waals surface area contributed by atoms with E-state index in [0.29, 0.717) is 18.9 Å². The third kappa shape index (κ3) is 3.51. The number of hydrogen-bond acceptors (Lipinski definition) is 3. The van der Waals surface area contributed by atoms with E-state index in [0.717, 1.165) is 32.1 Å². The van der Waals surface area contributed by atoms with Crippen molar-refractivity contribution in [3.63, 3.8) is 0 Å². The molecule has 0 spiro atoms. The summed E-state index contributed by atoms with van der Waals surface area (Å²) in [7, 11) is 0. The Kier molecular flexibility index (Phi) is 5.01. The maximum atomic E-state index is 12.6. The Morgan fingerprint density at radius 2 is 2.15 bits per heavy atom. The Hall–Kier alpha value is -1.55. The van der Waals surface area contributed by atoms with Gasteiger partial charge in [-0.15, -0.1) is 0 Å². The molecule has 0 atom stereocenters. The molecule has 0 bridgehead atoms. The zero-order valence-electron chi connectivity index (χ0n) is 12.0. The molecule has 4 heteroatoms. The van der Waals surface area contributed by atoms with Gasteiger partial charge in [0.1, 0.15) is 5.75 Å². The van der Waals surface area contributed by atoms with E-state index >= 15 is 0 Å². The Balaban J connectivity index is 2.03. The van der Waals surface area contributed by atoms with Gasteiger partial charge in [0, 0.05) is 25.0 Å². The predicted molar refractivity (Wildman–Crippen MR) is 78.7 cm³/mol. The minimum atomic E-state index is -0.305. The Morgan fingerprint density at radius 1 is 1.40 bits per heavy atom. The van der Waals surface area contributed by atoms with Crippen LogP contribution < -0.4 is 5.32 Å². The average molecular weight is 277 g/mol. The molecule has 20 heavy (non-hydrogen) atoms. The number of benzene rings is 1. The van der Waals surface area contributed by atoms with Crippen LogP contribution in [0.4, 0.5) is 5.69 Å². The van der Waals surface area contributed by atoms with Crippen molar-refractivity contribution in [1.29, 1.82) is 0 Å². The number of ether oxygens (including phenoxy) is 1. The molecule has 2 rings (SSSR count). The van der Waals surface area contributed by atoms with Gasteiger partial charge in [0.05, 0.1) is 5.41 Å². The van der Waals surface area contributed by atoms with Crippen LogP contribution in [0.3, 0.4) is 0 Å². The molecule has 110 valence electrons. The maximum absolute atomic E-state index is 12.6. The van der Waals surface area contributed by atoms with Gasteiger partial charge < -0.3 is 15.2 Å². The first-order valence-electron chi connectivity index (χ1n) is 7.34. The average Bonchev–Trinajstić information content (AvgIpc) is 2.89. The number of aromatic hydroxyl groups is 1. The van der Waals surface area contributed by atoms with Crippen molar-refractivity contribution in [3.8, 4) is 5.75 Å². The fraction of sp³-hybridized carbons (Fsp3) is 0.562. The van der Waals surface area contributed by atoms with Gasteiger partial charge in [-0.1, -0.05) is 18.9 Å². The highest BCUT2D eigenvalue weighted by atomic mass is 16.5. The zero-order valence-corrected chi connectivity index (χ0v) is 12.0. The van der Waals surface area contributed by atoms with Crippen LogP contribution in [0.2, 0.25) is 0 Å². The van der Waals surface area contributed by atoms with Crippen molar-refractivity contribution >= 4 is 11.6 Å². The molecular weight excluding hydrogens is 254 g/mol. The van der Waals surface area contributed by atoms with Gasteiger partial charge in [-0.2, -0.15) is 0 Å². The van der Waals surface area contributed by atoms with Crippen LogP contribution in [-0.2, 0) is 9.53 Å². The topological polar surface area (TPSA) is 58.6 Å². The molecule has 0 aromatic heterocycles. The van der Waals surface area contributed by atoms with Crippen molar-refractivity contribution in [2.24, 2.45) is 5.41 Å². The molecule has 1 aromatic carbocycles. The lowest BCUT2D eigenvalue weighted by atomic mass is 9.82. The molecule has 1 aliphatic rings. The van der Waals surface area contributed by atoms with E-state index in [1.807, 2.05) is 6.92 Å². The highest BCUT2D eigenvalue weighted by molar-refractivity contribution is 5.95. The first kappa shape index (κ1) is 14.9. The number of hydrogen-bond donors (Lipinski definition) is 2. The second kappa shape index (κ2) is 6.75. The Morgan fingerprint density at radius 3 is 2.80 bits per heavy atom. The molecule has 0 unspecified atom stereocenters. The van der Waals surface area contributed by atoms with Crippen LogP contribution in [0.25, 0.3) is 0 Å². The molecule has 1 amide bonds. The summed E-state index contributed by atoms with van der Waals surface area (Å²) in [6.07, 6.45) is 4.81. The standard InChI is InChI=1S/C16H23NO3/c1-2-20-11-10-16(8-3-4-9-16)15(19)17-13-6-5-7-14(18)12-13/h5-7,12,18H,2-4,8-11H2,1H3,(H,17,19). The Bertz CT molecular complexity index is 453. The second-order valence-electron chi connectivity index (χ2n) is 5.44. The van der Waals surface area contributed by atoms with Crippen molar-refractivity contribution in [2.45, 2.75) is 39.0 Å². The van der Waals surface area contributed by atoms with Crippen molar-refractivity contribution in [1.82, 2.24) is 0 Å². The van der Waals surface area contributed by atoms with Gasteiger partial charge >= 0.3 is 0 Å². The van der Waals surface area contributed by atoms with Crippen LogP contribution >= 0.6 is 0 Å². The predicted octanol–water partition coefficient (Wildman–Crippen LogP) is 3.32. The largest absolute Gasteiger partial charge is 0.508 e. The number of amides is 1. The van der Waals surface area contributed by atoms with Crippen LogP contribution in [0.15, 0.2) is 24.3 Å². The monoisotopic (exact) mass is 277 g/mol. The lowest BCUT2D eigenvalue weighted by Crippen LogP contribution is -2.35. The smallest absolute Gasteiger partial charge is 0.230 e. The summed E-state index contributed by atoms with van der Waals surface area (Å²) in [5.74, 6) is 0.220. The summed E-state index contributed by atoms with van der Waals surface area (Å²) < 4.78 is 5.42. The Labute approximate surface area is 120 Å². The molecule has 0 heterocycles. The van der Waals surface area contributed by atoms with E-state index in [1.165, 1.54) is 0 Å². The number of carbonyl (C=O) groups is 1. The summed E-state index contributed by atoms with van der Waals surface area (Å²) in [5, 5.41) is 12.4. The van der Waals surface area contributed by atoms with E-state index in [1.54, 1.807) is 24.3 Å². The van der Waals surface area contributed by atoms with Gasteiger partial charge in [-0.05, 0) is 38.3 Å². The normalized spacial score (nSPS) is 17.1. The highest BCUT2D eigenvalue weighted by Crippen LogP contribution is 2.42. The molecule has 1 aromatic rings. The van der Waals surface area contributed by atoms with Gasteiger partial charge in [-0.25, -0.2) is 0 Å². The van der Waals surface area contributed by atoms with Crippen LogP contribution in [0, 0.1) is 5.41 Å². The summed E-state index contributed by atoms with van der Waals surface area (Å²) in [4.78, 5) is 12.6. The van der Waals surface area contributed by atoms with E-state index < -0.39 is 0 Å². The fourth-order valence-electron chi connectivity index (χ4n) is 2.90. The molecule has 4 nitrogen and oxygen atoms in total. The number of nitrogens with one attached hydrogen (secondary N) is 1. The van der Waals surface area contributed by atoms with Crippen molar-refractivity contribution in [3.05, 3.63) is 24.3 Å². The summed E-state index contributed by atoms with van der Waals surface area (Å²) in [6.45, 7) is 3.28. The van der Waals surface area contributed by atoms with Gasteiger partial charge in [0.25, 0.3) is 0 Å². The number of rotatable bonds is 6. The van der Waals surface area contributed by atoms with Gasteiger partial charge in [-0.3, -0.25) is 4.79 Å². The molecule has 0 radical (unpaired) electrons. The number of phenolic OH excluding ortho intramolecular Hbond substituents is 1. The van der Waals surface area contributed by atoms with E-state index in [2.05, 4.69) is 5.32 Å². The highest BCUT2D eigenvalue weighted by Gasteiger charge is 2.40. The van der Waals surface area contributed by atoms with Gasteiger partial charge in [0.15, 0.2) is 0 Å². The molecule has 1 fully saturated rings. The van der Waals surface area contributed by atoms with Crippen LogP contribution in [0.1, 0.15) is 39.0 Å². The van der Waals surface area contributed by atoms with E-state index in [4.69, 9.17) is 4.74 Å². The van der Waals surface area contributed by atoms with Crippen molar-refractivity contribution in [2.75, 3.05) is 18.5 Å². The number of phenols is 1. The lowest BCUT2D eigenvalue weighted by molar-refractivity contribution is -0.126. The quantitative estimate of drug-likeness (QED) is 0.784. The van der Waals surface area contributed by atoms with Crippen LogP contribution in [0.5, 0.6) is 5.75 Å². The minimum Gasteiger partial charge on any atom is -0.508 e. The molecule has 2 N–H and O–H groups in total. The molecule has 0 aliphatic heterocycles. The summed E-state index contributed by atoms with van der Waals surface area (Å²) in [5.41, 5.74) is 0.346. The minimum absolute atomic E-state index is 0.0558. The van der Waals surface area contributed by atoms with E-state index in [-0.39, 0.29) is 17.1 Å². The van der Waals surface area contributed by atoms with Crippen molar-refractivity contribution < 1.29 is 14.6 Å². The first-order chi connectivity index (χ1) is 9.66. The molecular formula is C16H23NO3. The molecule has 1 aliphatic carbocycles. The second-order valence-corrected chi connectivity index (χ2v) is 5.44. The zero-order chi connectivity index (χ0) is 14.4. The summed E-state index contributed by atoms with van der Waals surface area (Å²) >= 11 is 0. The lowest BCUT2D eigenvalue weighted by Gasteiger charge is -2.27. The number of carbonyl (C=O) groups excluding carboxylic acids is 1. The third-order valence-electron chi connectivity index (χ3n) is 4.08. The molecule has 1 saturated carbocycles.